The zero-order valence-corrected chi connectivity index (χ0v) is 29.5. The van der Waals surface area contributed by atoms with E-state index in [0.29, 0.717) is 12.8 Å². The molecule has 0 bridgehead atoms. The Morgan fingerprint density at radius 3 is 0.929 bits per heavy atom. The molecule has 0 radical (unpaired) electrons. The molecule has 0 saturated carbocycles. The van der Waals surface area contributed by atoms with Crippen molar-refractivity contribution in [3.63, 3.8) is 0 Å². The maximum atomic E-state index is 12.7. The van der Waals surface area contributed by atoms with Crippen molar-refractivity contribution in [1.29, 1.82) is 0 Å². The van der Waals surface area contributed by atoms with E-state index >= 15 is 0 Å². The molecule has 3 nitrogen and oxygen atoms in total. The number of amides is 2. The number of unbranched alkanes of at least 4 members (excludes halogenated alkanes) is 22. The van der Waals surface area contributed by atoms with Crippen LogP contribution in [-0.4, -0.2) is 30.4 Å². The van der Waals surface area contributed by atoms with Gasteiger partial charge in [0.1, 0.15) is 0 Å². The lowest BCUT2D eigenvalue weighted by Gasteiger charge is -2.24. The van der Waals surface area contributed by atoms with Gasteiger partial charge in [-0.2, -0.15) is 0 Å². The number of carbonyl (C=O) groups excluding carboxylic acids is 2. The second-order valence-corrected chi connectivity index (χ2v) is 12.9. The van der Waals surface area contributed by atoms with Gasteiger partial charge in [0.2, 0.25) is 0 Å². The predicted octanol–water partition coefficient (Wildman–Crippen LogP) is 9.20. The molecule has 0 aromatic heterocycles. The zero-order valence-electron chi connectivity index (χ0n) is 28.8. The largest absolute Gasteiger partial charge is 1.00 e. The summed E-state index contributed by atoms with van der Waals surface area (Å²) in [6.07, 6.45) is 43.1. The summed E-state index contributed by atoms with van der Waals surface area (Å²) in [4.78, 5) is 25.5. The number of nitrogens with zero attached hydrogens (tertiary/aromatic N) is 1. The summed E-state index contributed by atoms with van der Waals surface area (Å²) in [5.74, 6) is 0.167. The Hall–Kier alpha value is -0.930. The highest BCUT2D eigenvalue weighted by Crippen LogP contribution is 2.15. The number of rotatable bonds is 30. The van der Waals surface area contributed by atoms with Gasteiger partial charge in [-0.15, -0.1) is 0 Å². The van der Waals surface area contributed by atoms with Crippen molar-refractivity contribution in [3.05, 3.63) is 24.3 Å². The molecule has 0 rings (SSSR count). The first-order chi connectivity index (χ1) is 20.0. The Kier molecular flexibility index (Phi) is 33.9. The molecule has 0 aliphatic carbocycles. The number of allylic oxidation sites excluding steroid dienone is 4. The van der Waals surface area contributed by atoms with Crippen LogP contribution >= 0.6 is 0 Å². The van der Waals surface area contributed by atoms with Gasteiger partial charge in [-0.1, -0.05) is 141 Å². The first-order valence-electron chi connectivity index (χ1n) is 18.2. The molecule has 0 aromatic rings. The van der Waals surface area contributed by atoms with Crippen molar-refractivity contribution in [3.8, 4) is 0 Å². The molecule has 0 atom stereocenters. The van der Waals surface area contributed by atoms with Crippen LogP contribution in [0.3, 0.4) is 0 Å². The van der Waals surface area contributed by atoms with Crippen LogP contribution in [0.25, 0.3) is 0 Å². The maximum Gasteiger partial charge on any atom is 0.320 e. The number of hydrogen-bond acceptors (Lipinski definition) is 2. The Morgan fingerprint density at radius 1 is 0.405 bits per heavy atom. The lowest BCUT2D eigenvalue weighted by molar-refractivity contribution is -0.736. The van der Waals surface area contributed by atoms with Crippen molar-refractivity contribution in [2.75, 3.05) is 14.1 Å². The first-order valence-corrected chi connectivity index (χ1v) is 18.2. The van der Waals surface area contributed by atoms with Crippen LogP contribution < -0.4 is 12.4 Å². The van der Waals surface area contributed by atoms with E-state index in [0.717, 1.165) is 25.7 Å². The van der Waals surface area contributed by atoms with Gasteiger partial charge in [-0.05, 0) is 64.2 Å². The number of hydrogen-bond donors (Lipinski definition) is 0. The van der Waals surface area contributed by atoms with Gasteiger partial charge in [0.25, 0.3) is 0 Å². The van der Waals surface area contributed by atoms with E-state index < -0.39 is 0 Å². The molecule has 248 valence electrons. The quantitative estimate of drug-likeness (QED) is 0.0462. The van der Waals surface area contributed by atoms with Gasteiger partial charge in [-0.3, -0.25) is 0 Å². The molecule has 0 N–H and O–H groups in total. The van der Waals surface area contributed by atoms with E-state index in [1.54, 1.807) is 14.1 Å². The van der Waals surface area contributed by atoms with E-state index in [-0.39, 0.29) is 28.7 Å². The molecule has 0 aromatic carbocycles. The van der Waals surface area contributed by atoms with Crippen molar-refractivity contribution in [2.24, 2.45) is 0 Å². The Bertz CT molecular complexity index is 601. The molecule has 0 unspecified atom stereocenters. The SMILES string of the molecule is CCCCCCCC/C=C\CCCCCCCC(=O)[N+](C)(C)C(=O)CCCCCCC/C=C\CCCCCCCC.[Cl-]. The van der Waals surface area contributed by atoms with Crippen LogP contribution in [0.5, 0.6) is 0 Å². The summed E-state index contributed by atoms with van der Waals surface area (Å²) in [7, 11) is 3.58. The lowest BCUT2D eigenvalue weighted by atomic mass is 10.1. The van der Waals surface area contributed by atoms with Crippen LogP contribution in [0.1, 0.15) is 194 Å². The molecule has 0 saturated heterocycles. The molecular formula is C38H72ClNO2. The number of imide groups is 1. The number of quaternary nitrogens is 1. The fraction of sp³-hybridized carbons (Fsp3) is 0.842. The minimum absolute atomic E-state index is 0. The van der Waals surface area contributed by atoms with Crippen LogP contribution in [0.15, 0.2) is 24.3 Å². The van der Waals surface area contributed by atoms with Crippen molar-refractivity contribution < 1.29 is 26.5 Å². The van der Waals surface area contributed by atoms with Crippen LogP contribution in [-0.2, 0) is 9.59 Å². The van der Waals surface area contributed by atoms with Gasteiger partial charge in [0.15, 0.2) is 0 Å². The normalized spacial score (nSPS) is 11.9. The van der Waals surface area contributed by atoms with Gasteiger partial charge in [0.05, 0.1) is 26.9 Å². The minimum atomic E-state index is -0.0766. The molecular weight excluding hydrogens is 538 g/mol. The molecule has 42 heavy (non-hydrogen) atoms. The van der Waals surface area contributed by atoms with Gasteiger partial charge in [0, 0.05) is 0 Å². The summed E-state index contributed by atoms with van der Waals surface area (Å²) >= 11 is 0. The molecule has 0 aliphatic heterocycles. The number of carbonyl (C=O) groups is 2. The van der Waals surface area contributed by atoms with Crippen molar-refractivity contribution >= 4 is 11.8 Å². The fourth-order valence-electron chi connectivity index (χ4n) is 5.39. The summed E-state index contributed by atoms with van der Waals surface area (Å²) < 4.78 is -0.0766. The summed E-state index contributed by atoms with van der Waals surface area (Å²) in [6, 6.07) is 0. The molecule has 0 spiro atoms. The van der Waals surface area contributed by atoms with Crippen LogP contribution in [0.2, 0.25) is 0 Å². The van der Waals surface area contributed by atoms with E-state index in [2.05, 4.69) is 38.2 Å². The van der Waals surface area contributed by atoms with Gasteiger partial charge < -0.3 is 12.4 Å². The lowest BCUT2D eigenvalue weighted by Crippen LogP contribution is -3.00. The topological polar surface area (TPSA) is 34.1 Å². The first kappa shape index (κ1) is 43.2. The van der Waals surface area contributed by atoms with Gasteiger partial charge >= 0.3 is 11.8 Å². The second kappa shape index (κ2) is 33.0. The highest BCUT2D eigenvalue weighted by molar-refractivity contribution is 5.84. The number of halogens is 1. The molecule has 0 fully saturated rings. The van der Waals surface area contributed by atoms with Crippen molar-refractivity contribution in [1.82, 2.24) is 0 Å². The zero-order chi connectivity index (χ0) is 30.3. The van der Waals surface area contributed by atoms with E-state index in [4.69, 9.17) is 0 Å². The molecule has 0 heterocycles. The Balaban J connectivity index is 0. The highest BCUT2D eigenvalue weighted by Gasteiger charge is 2.33. The Morgan fingerprint density at radius 2 is 0.643 bits per heavy atom. The summed E-state index contributed by atoms with van der Waals surface area (Å²) in [6.45, 7) is 4.54. The average Bonchev–Trinajstić information content (AvgIpc) is 2.96. The summed E-state index contributed by atoms with van der Waals surface area (Å²) in [5, 5.41) is 0. The van der Waals surface area contributed by atoms with E-state index in [1.807, 2.05) is 0 Å². The van der Waals surface area contributed by atoms with Crippen molar-refractivity contribution in [2.45, 2.75) is 194 Å². The van der Waals surface area contributed by atoms with Crippen LogP contribution in [0.4, 0.5) is 0 Å². The highest BCUT2D eigenvalue weighted by atomic mass is 35.5. The third-order valence-electron chi connectivity index (χ3n) is 8.55. The fourth-order valence-corrected chi connectivity index (χ4v) is 5.39. The van der Waals surface area contributed by atoms with Crippen LogP contribution in [0, 0.1) is 0 Å². The average molecular weight is 610 g/mol. The maximum absolute atomic E-state index is 12.7. The third-order valence-corrected chi connectivity index (χ3v) is 8.55. The smallest absolute Gasteiger partial charge is 0.320 e. The monoisotopic (exact) mass is 610 g/mol. The standard InChI is InChI=1S/C38H72NO2.ClH/c1-5-7-9-11-13-15-17-19-21-23-25-27-29-31-33-35-37(40)39(3,4)38(41)36-34-32-30-28-26-24-22-20-18-16-14-12-10-8-6-2;/h19-22H,5-18,23-36H2,1-4H3;1H/q+1;/p-1/b21-19-,22-20-;. The van der Waals surface area contributed by atoms with Gasteiger partial charge in [-0.25, -0.2) is 14.1 Å². The summed E-state index contributed by atoms with van der Waals surface area (Å²) in [5.41, 5.74) is 0. The molecule has 4 heteroatoms. The Labute approximate surface area is 269 Å². The van der Waals surface area contributed by atoms with E-state index in [9.17, 15) is 9.59 Å². The third kappa shape index (κ3) is 27.9. The molecule has 2 amide bonds. The molecule has 0 aliphatic rings. The van der Waals surface area contributed by atoms with E-state index in [1.165, 1.54) is 141 Å². The predicted molar refractivity (Wildman–Crippen MR) is 181 cm³/mol. The minimum Gasteiger partial charge on any atom is -1.00 e. The second-order valence-electron chi connectivity index (χ2n) is 12.9.